The molecule has 10 heteroatoms. The lowest BCUT2D eigenvalue weighted by molar-refractivity contribution is 0.109. The van der Waals surface area contributed by atoms with Gasteiger partial charge in [0.2, 0.25) is 10.0 Å². The van der Waals surface area contributed by atoms with Gasteiger partial charge < -0.3 is 10.1 Å². The number of alkyl halides is 1. The number of nitrogens with zero attached hydrogens (tertiary/aromatic N) is 1. The van der Waals surface area contributed by atoms with Crippen LogP contribution < -0.4 is 10.0 Å². The maximum absolute atomic E-state index is 12.3. The molecule has 178 valence electrons. The fraction of sp³-hybridized carbons (Fsp3) is 0.810. The zero-order chi connectivity index (χ0) is 23.2. The van der Waals surface area contributed by atoms with Gasteiger partial charge >= 0.3 is 6.09 Å². The van der Waals surface area contributed by atoms with Crippen LogP contribution in [0.5, 0.6) is 0 Å². The smallest absolute Gasteiger partial charge is 0.407 e. The minimum absolute atomic E-state index is 0.127. The normalized spacial score (nSPS) is 29.7. The van der Waals surface area contributed by atoms with Crippen molar-refractivity contribution in [2.75, 3.05) is 12.3 Å². The minimum atomic E-state index is -3.52. The van der Waals surface area contributed by atoms with Gasteiger partial charge in [-0.1, -0.05) is 36.4 Å². The Bertz CT molecular complexity index is 765. The maximum atomic E-state index is 12.3. The molecule has 0 radical (unpaired) electrons. The van der Waals surface area contributed by atoms with Crippen molar-refractivity contribution in [2.24, 2.45) is 16.8 Å². The number of hydrogen-bond donors (Lipinski definition) is 2. The van der Waals surface area contributed by atoms with Crippen molar-refractivity contribution in [1.29, 1.82) is 0 Å². The molecule has 0 bridgehead atoms. The van der Waals surface area contributed by atoms with E-state index >= 15 is 0 Å². The lowest BCUT2D eigenvalue weighted by Crippen LogP contribution is -2.39. The molecule has 0 spiro atoms. The molecular formula is C21H36BrN3O4S2. The number of nitrogens with one attached hydrogen (secondary N) is 2. The van der Waals surface area contributed by atoms with Crippen molar-refractivity contribution in [3.05, 3.63) is 11.5 Å². The lowest BCUT2D eigenvalue weighted by atomic mass is 9.86. The highest BCUT2D eigenvalue weighted by Crippen LogP contribution is 2.37. The van der Waals surface area contributed by atoms with E-state index in [4.69, 9.17) is 9.73 Å². The third kappa shape index (κ3) is 8.05. The molecule has 7 nitrogen and oxygen atoms in total. The fourth-order valence-corrected chi connectivity index (χ4v) is 6.90. The summed E-state index contributed by atoms with van der Waals surface area (Å²) in [6.45, 7) is 11.7. The molecule has 1 aliphatic carbocycles. The number of carbonyl (C=O) groups excluding carboxylic acids is 1. The number of ether oxygens (including phenoxy) is 1. The van der Waals surface area contributed by atoms with Gasteiger partial charge in [-0.3, -0.25) is 4.99 Å². The van der Waals surface area contributed by atoms with Crippen LogP contribution >= 0.6 is 27.7 Å². The Morgan fingerprint density at radius 1 is 1.32 bits per heavy atom. The number of sulfonamides is 1. The van der Waals surface area contributed by atoms with Crippen molar-refractivity contribution >= 4 is 48.9 Å². The van der Waals surface area contributed by atoms with Gasteiger partial charge in [0.25, 0.3) is 0 Å². The van der Waals surface area contributed by atoms with E-state index in [0.29, 0.717) is 18.9 Å². The molecule has 1 unspecified atom stereocenters. The number of rotatable bonds is 8. The molecule has 0 aromatic carbocycles. The van der Waals surface area contributed by atoms with Crippen molar-refractivity contribution in [2.45, 2.75) is 82.8 Å². The van der Waals surface area contributed by atoms with Gasteiger partial charge in [0.05, 0.1) is 22.1 Å². The van der Waals surface area contributed by atoms with E-state index in [1.54, 1.807) is 18.7 Å². The van der Waals surface area contributed by atoms with Crippen LogP contribution in [0, 0.1) is 11.8 Å². The van der Waals surface area contributed by atoms with Crippen LogP contribution in [0.25, 0.3) is 0 Å². The van der Waals surface area contributed by atoms with E-state index in [9.17, 15) is 13.2 Å². The number of thioether (sulfide) groups is 1. The van der Waals surface area contributed by atoms with E-state index in [1.807, 2.05) is 13.8 Å². The van der Waals surface area contributed by atoms with Crippen LogP contribution in [0.3, 0.4) is 0 Å². The molecule has 1 aliphatic heterocycles. The van der Waals surface area contributed by atoms with Gasteiger partial charge in [0.15, 0.2) is 0 Å². The monoisotopic (exact) mass is 537 g/mol. The number of amides is 1. The van der Waals surface area contributed by atoms with Crippen LogP contribution in [0.1, 0.15) is 59.8 Å². The second kappa shape index (κ2) is 12.0. The average molecular weight is 539 g/mol. The summed E-state index contributed by atoms with van der Waals surface area (Å²) < 4.78 is 32.4. The van der Waals surface area contributed by atoms with Crippen LogP contribution in [-0.4, -0.2) is 54.9 Å². The summed E-state index contributed by atoms with van der Waals surface area (Å²) in [6.07, 6.45) is 3.51. The second-order valence-electron chi connectivity index (χ2n) is 8.61. The summed E-state index contributed by atoms with van der Waals surface area (Å²) in [5, 5.41) is 4.07. The zero-order valence-electron chi connectivity index (χ0n) is 18.9. The summed E-state index contributed by atoms with van der Waals surface area (Å²) in [4.78, 5) is 17.4. The second-order valence-corrected chi connectivity index (χ2v) is 12.7. The first-order valence-corrected chi connectivity index (χ1v) is 14.4. The number of halogens is 1. The Kier molecular flexibility index (Phi) is 10.4. The van der Waals surface area contributed by atoms with E-state index in [-0.39, 0.29) is 39.9 Å². The summed E-state index contributed by atoms with van der Waals surface area (Å²) in [5.74, 6) is 1.44. The molecule has 2 N–H and O–H groups in total. The highest BCUT2D eigenvalue weighted by atomic mass is 79.9. The van der Waals surface area contributed by atoms with E-state index < -0.39 is 10.0 Å². The van der Waals surface area contributed by atoms with Crippen LogP contribution in [0.15, 0.2) is 16.5 Å². The molecule has 3 atom stereocenters. The number of alkyl carbamates (subject to hydrolysis) is 1. The number of hydrogen-bond acceptors (Lipinski definition) is 6. The van der Waals surface area contributed by atoms with Gasteiger partial charge in [-0.05, 0) is 45.4 Å². The van der Waals surface area contributed by atoms with Gasteiger partial charge in [-0.15, -0.1) is 11.8 Å². The summed E-state index contributed by atoms with van der Waals surface area (Å²) >= 11 is 5.54. The first-order chi connectivity index (χ1) is 14.5. The highest BCUT2D eigenvalue weighted by Gasteiger charge is 2.34. The average Bonchev–Trinajstić information content (AvgIpc) is 2.82. The van der Waals surface area contributed by atoms with Gasteiger partial charge in [0, 0.05) is 35.5 Å². The molecule has 0 aromatic heterocycles. The number of aliphatic imine (C=N–C) groups is 1. The minimum Gasteiger partial charge on any atom is -0.447 e. The SMILES string of the molecule is C=C(C[C@H]1N=C(C2CCC(NC(=O)OC(C)C)CC2)SCC(Br)[C@H]1C)S(=O)(=O)NCC. The molecule has 2 rings (SSSR count). The van der Waals surface area contributed by atoms with Crippen LogP contribution in [0.2, 0.25) is 0 Å². The highest BCUT2D eigenvalue weighted by molar-refractivity contribution is 9.09. The molecule has 1 saturated carbocycles. The lowest BCUT2D eigenvalue weighted by Gasteiger charge is -2.30. The third-order valence-corrected chi connectivity index (χ3v) is 10.2. The Morgan fingerprint density at radius 3 is 2.55 bits per heavy atom. The quantitative estimate of drug-likeness (QED) is 0.446. The molecule has 1 fully saturated rings. The van der Waals surface area contributed by atoms with E-state index in [2.05, 4.69) is 39.5 Å². The van der Waals surface area contributed by atoms with Crippen molar-refractivity contribution in [3.63, 3.8) is 0 Å². The Morgan fingerprint density at radius 2 is 1.97 bits per heavy atom. The van der Waals surface area contributed by atoms with Gasteiger partial charge in [0.1, 0.15) is 0 Å². The molecular weight excluding hydrogens is 502 g/mol. The van der Waals surface area contributed by atoms with Crippen molar-refractivity contribution < 1.29 is 17.9 Å². The molecule has 0 saturated heterocycles. The number of carbonyl (C=O) groups is 1. The summed E-state index contributed by atoms with van der Waals surface area (Å²) in [6, 6.07) is -0.00487. The first kappa shape index (κ1) is 26.7. The zero-order valence-corrected chi connectivity index (χ0v) is 22.1. The Balaban J connectivity index is 2.04. The largest absolute Gasteiger partial charge is 0.447 e. The molecule has 0 aromatic rings. The molecule has 2 aliphatic rings. The topological polar surface area (TPSA) is 96.9 Å². The van der Waals surface area contributed by atoms with E-state index in [0.717, 1.165) is 36.5 Å². The molecule has 1 amide bonds. The molecule has 31 heavy (non-hydrogen) atoms. The van der Waals surface area contributed by atoms with Crippen molar-refractivity contribution in [1.82, 2.24) is 10.0 Å². The van der Waals surface area contributed by atoms with Crippen LogP contribution in [-0.2, 0) is 14.8 Å². The van der Waals surface area contributed by atoms with E-state index in [1.165, 1.54) is 0 Å². The third-order valence-electron chi connectivity index (χ3n) is 5.75. The van der Waals surface area contributed by atoms with Gasteiger partial charge in [-0.25, -0.2) is 17.9 Å². The maximum Gasteiger partial charge on any atom is 0.407 e. The summed E-state index contributed by atoms with van der Waals surface area (Å²) in [7, 11) is -3.52. The van der Waals surface area contributed by atoms with Crippen molar-refractivity contribution in [3.8, 4) is 0 Å². The summed E-state index contributed by atoms with van der Waals surface area (Å²) in [5.41, 5.74) is 0. The molecule has 1 heterocycles. The van der Waals surface area contributed by atoms with Gasteiger partial charge in [-0.2, -0.15) is 0 Å². The fourth-order valence-electron chi connectivity index (χ4n) is 3.87. The Labute approximate surface area is 199 Å². The predicted molar refractivity (Wildman–Crippen MR) is 132 cm³/mol. The predicted octanol–water partition coefficient (Wildman–Crippen LogP) is 4.44. The standard InChI is InChI=1S/C21H36BrN3O4S2/c1-6-23-31(27,28)14(4)11-19-15(5)18(22)12-30-20(25-19)16-7-9-17(10-8-16)24-21(26)29-13(2)3/h13,15-19,23H,4,6-12H2,1-3,5H3,(H,24,26)/t15-,16?,17?,18?,19-/m1/s1. The van der Waals surface area contributed by atoms with Crippen LogP contribution in [0.4, 0.5) is 4.79 Å². The Hall–Kier alpha value is -0.580. The first-order valence-electron chi connectivity index (χ1n) is 11.0.